The number of thioether (sulfide) groups is 1. The van der Waals surface area contributed by atoms with E-state index in [1.165, 1.54) is 11.8 Å². The van der Waals surface area contributed by atoms with Gasteiger partial charge in [0.2, 0.25) is 24.3 Å². The van der Waals surface area contributed by atoms with Crippen molar-refractivity contribution in [2.45, 2.75) is 24.9 Å². The number of hydrogen-bond donors (Lipinski definition) is 5. The fraction of sp³-hybridized carbons (Fsp3) is 0.368. The smallest absolute Gasteiger partial charge is 0.352 e. The summed E-state index contributed by atoms with van der Waals surface area (Å²) < 4.78 is 7.31. The average molecular weight is 553 g/mol. The molecule has 1 saturated heterocycles. The number of carboxylic acids is 2. The predicted molar refractivity (Wildman–Crippen MR) is 129 cm³/mol. The van der Waals surface area contributed by atoms with Crippen LogP contribution in [0.15, 0.2) is 22.6 Å². The normalized spacial score (nSPS) is 19.4. The standard InChI is InChI=1S/C19H21N9O7S2/c1-7-3-27(26(2)13(7)20)4-8-6-36-17-11(16(32)28(17)12(8)18(33)34)22-15(31)10(24-35-5-9(29)30)14-23-19(21)37-25-14/h3,11,17,20H,4-6H2,1-2H3,(H5,21,22,23,25,29,30,31,33,34)/p+1/t11-,17-/m1/s1. The number of oxime groups is 1. The molecule has 4 heterocycles. The fourth-order valence-corrected chi connectivity index (χ4v) is 5.57. The summed E-state index contributed by atoms with van der Waals surface area (Å²) in [6.07, 6.45) is 1.78. The SMILES string of the molecule is Cc1c[n+](CC2=C(C(=O)O)N3C(=O)[C@@H](NC(=O)C(=NOCC(=O)O)c4nsc(N)n4)[C@H]3SC2)n(C)c1N. The second-order valence-corrected chi connectivity index (χ2v) is 9.89. The van der Waals surface area contributed by atoms with Crippen LogP contribution in [0.2, 0.25) is 0 Å². The molecule has 2 atom stereocenters. The second-order valence-electron chi connectivity index (χ2n) is 8.00. The molecule has 7 N–H and O–H groups in total. The molecule has 0 aliphatic carbocycles. The Morgan fingerprint density at radius 1 is 1.35 bits per heavy atom. The number of aromatic nitrogens is 4. The number of aryl methyl sites for hydroxylation is 1. The topological polar surface area (TPSA) is 232 Å². The summed E-state index contributed by atoms with van der Waals surface area (Å²) in [5.41, 5.74) is 12.2. The van der Waals surface area contributed by atoms with Gasteiger partial charge in [0.25, 0.3) is 11.8 Å². The Balaban J connectivity index is 1.54. The molecule has 0 unspecified atom stereocenters. The van der Waals surface area contributed by atoms with Crippen LogP contribution in [-0.4, -0.2) is 82.4 Å². The summed E-state index contributed by atoms with van der Waals surface area (Å²) in [7, 11) is 1.74. The van der Waals surface area contributed by atoms with Crippen molar-refractivity contribution in [3.63, 3.8) is 0 Å². The molecule has 196 valence electrons. The Bertz CT molecular complexity index is 1370. The summed E-state index contributed by atoms with van der Waals surface area (Å²) >= 11 is 2.06. The molecular formula is C19H22N9O7S2+. The van der Waals surface area contributed by atoms with E-state index >= 15 is 0 Å². The number of anilines is 2. The van der Waals surface area contributed by atoms with Crippen LogP contribution >= 0.6 is 23.3 Å². The molecule has 0 spiro atoms. The predicted octanol–water partition coefficient (Wildman–Crippen LogP) is -2.12. The number of β-lactam (4-membered cyclic amide) rings is 1. The Morgan fingerprint density at radius 2 is 2.08 bits per heavy atom. The molecule has 4 rings (SSSR count). The van der Waals surface area contributed by atoms with E-state index in [-0.39, 0.29) is 29.0 Å². The molecule has 18 heteroatoms. The van der Waals surface area contributed by atoms with Crippen molar-refractivity contribution >= 4 is 63.7 Å². The van der Waals surface area contributed by atoms with Gasteiger partial charge in [-0.1, -0.05) is 5.16 Å². The van der Waals surface area contributed by atoms with Gasteiger partial charge in [-0.15, -0.1) is 21.1 Å². The van der Waals surface area contributed by atoms with E-state index in [1.807, 2.05) is 6.92 Å². The summed E-state index contributed by atoms with van der Waals surface area (Å²) in [5.74, 6) is -3.55. The number of amides is 2. The molecule has 2 aromatic rings. The van der Waals surface area contributed by atoms with Gasteiger partial charge in [-0.05, 0) is 6.92 Å². The molecule has 2 aliphatic rings. The van der Waals surface area contributed by atoms with Gasteiger partial charge in [0.05, 0.1) is 12.6 Å². The van der Waals surface area contributed by atoms with Crippen molar-refractivity contribution in [1.29, 1.82) is 0 Å². The van der Waals surface area contributed by atoms with Gasteiger partial charge < -0.3 is 31.8 Å². The zero-order valence-corrected chi connectivity index (χ0v) is 21.1. The summed E-state index contributed by atoms with van der Waals surface area (Å²) in [6, 6.07) is -1.07. The molecule has 2 amide bonds. The third kappa shape index (κ3) is 4.92. The lowest BCUT2D eigenvalue weighted by molar-refractivity contribution is -0.765. The van der Waals surface area contributed by atoms with Crippen LogP contribution in [-0.2, 0) is 37.6 Å². The van der Waals surface area contributed by atoms with Crippen LogP contribution in [0.4, 0.5) is 10.9 Å². The van der Waals surface area contributed by atoms with Crippen molar-refractivity contribution in [1.82, 2.24) is 24.3 Å². The monoisotopic (exact) mass is 552 g/mol. The highest BCUT2D eigenvalue weighted by Crippen LogP contribution is 2.40. The van der Waals surface area contributed by atoms with Crippen molar-refractivity contribution in [3.05, 3.63) is 28.9 Å². The number of rotatable bonds is 9. The maximum absolute atomic E-state index is 13.0. The highest BCUT2D eigenvalue weighted by Gasteiger charge is 2.55. The lowest BCUT2D eigenvalue weighted by atomic mass is 10.0. The van der Waals surface area contributed by atoms with E-state index < -0.39 is 47.5 Å². The van der Waals surface area contributed by atoms with Gasteiger partial charge in [-0.25, -0.2) is 9.59 Å². The molecule has 1 fully saturated rings. The molecule has 0 bridgehead atoms. The number of nitrogens with zero attached hydrogens (tertiary/aromatic N) is 6. The first-order valence-electron chi connectivity index (χ1n) is 10.5. The second kappa shape index (κ2) is 10.1. The number of nitrogens with one attached hydrogen (secondary N) is 1. The van der Waals surface area contributed by atoms with Crippen LogP contribution in [0.5, 0.6) is 0 Å². The quantitative estimate of drug-likeness (QED) is 0.0972. The Morgan fingerprint density at radius 3 is 2.65 bits per heavy atom. The minimum Gasteiger partial charge on any atom is -0.479 e. The van der Waals surface area contributed by atoms with Gasteiger partial charge in [-0.2, -0.15) is 9.36 Å². The molecule has 16 nitrogen and oxygen atoms in total. The van der Waals surface area contributed by atoms with E-state index in [4.69, 9.17) is 16.6 Å². The summed E-state index contributed by atoms with van der Waals surface area (Å²) in [5, 5.41) is 24.0. The number of carbonyl (C=O) groups excluding carboxylic acids is 2. The number of nitrogen functional groups attached to an aromatic ring is 2. The first-order valence-corrected chi connectivity index (χ1v) is 12.4. The first-order chi connectivity index (χ1) is 17.5. The summed E-state index contributed by atoms with van der Waals surface area (Å²) in [4.78, 5) is 58.5. The minimum absolute atomic E-state index is 0.0271. The van der Waals surface area contributed by atoms with Crippen LogP contribution in [0.3, 0.4) is 0 Å². The molecule has 2 aromatic heterocycles. The molecule has 0 saturated carbocycles. The number of fused-ring (bicyclic) bond motifs is 1. The van der Waals surface area contributed by atoms with Crippen molar-refractivity contribution in [2.75, 3.05) is 23.8 Å². The van der Waals surface area contributed by atoms with Crippen molar-refractivity contribution in [3.8, 4) is 0 Å². The van der Waals surface area contributed by atoms with E-state index in [2.05, 4.69) is 24.7 Å². The Hall–Kier alpha value is -4.19. The minimum atomic E-state index is -1.33. The van der Waals surface area contributed by atoms with Crippen LogP contribution in [0.25, 0.3) is 0 Å². The van der Waals surface area contributed by atoms with Crippen LogP contribution in [0.1, 0.15) is 11.4 Å². The first kappa shape index (κ1) is 25.9. The van der Waals surface area contributed by atoms with Crippen LogP contribution in [0, 0.1) is 6.92 Å². The number of aliphatic carboxylic acids is 2. The van der Waals surface area contributed by atoms with E-state index in [1.54, 1.807) is 22.6 Å². The van der Waals surface area contributed by atoms with Crippen molar-refractivity contribution in [2.24, 2.45) is 12.2 Å². The molecule has 2 aliphatic heterocycles. The van der Waals surface area contributed by atoms with E-state index in [0.29, 0.717) is 11.4 Å². The lowest BCUT2D eigenvalue weighted by Gasteiger charge is -2.49. The largest absolute Gasteiger partial charge is 0.479 e. The number of carbonyl (C=O) groups is 4. The zero-order valence-electron chi connectivity index (χ0n) is 19.4. The third-order valence-corrected chi connectivity index (χ3v) is 7.46. The van der Waals surface area contributed by atoms with Gasteiger partial charge in [0, 0.05) is 22.9 Å². The van der Waals surface area contributed by atoms with Crippen LogP contribution < -0.4 is 21.5 Å². The summed E-state index contributed by atoms with van der Waals surface area (Å²) in [6.45, 7) is 1.20. The lowest BCUT2D eigenvalue weighted by Crippen LogP contribution is -2.71. The Kier molecular flexibility index (Phi) is 7.03. The van der Waals surface area contributed by atoms with Gasteiger partial charge in [-0.3, -0.25) is 14.5 Å². The highest BCUT2D eigenvalue weighted by atomic mass is 32.2. The zero-order chi connectivity index (χ0) is 27.0. The van der Waals surface area contributed by atoms with Gasteiger partial charge in [0.1, 0.15) is 17.1 Å². The van der Waals surface area contributed by atoms with E-state index in [0.717, 1.165) is 22.0 Å². The molecule has 0 radical (unpaired) electrons. The molecule has 0 aromatic carbocycles. The maximum atomic E-state index is 13.0. The molecular weight excluding hydrogens is 530 g/mol. The molecule has 37 heavy (non-hydrogen) atoms. The van der Waals surface area contributed by atoms with E-state index in [9.17, 15) is 24.3 Å². The number of carboxylic acid groups (broad SMARTS) is 2. The maximum Gasteiger partial charge on any atom is 0.352 e. The average Bonchev–Trinajstić information content (AvgIpc) is 3.37. The third-order valence-electron chi connectivity index (χ3n) is 5.58. The Labute approximate surface area is 216 Å². The van der Waals surface area contributed by atoms with Gasteiger partial charge in [0.15, 0.2) is 17.5 Å². The number of hydrogen-bond acceptors (Lipinski definition) is 12. The number of nitrogens with two attached hydrogens (primary N) is 2. The van der Waals surface area contributed by atoms with Gasteiger partial charge >= 0.3 is 11.9 Å². The highest BCUT2D eigenvalue weighted by molar-refractivity contribution is 8.00. The fourth-order valence-electron chi connectivity index (χ4n) is 3.80. The van der Waals surface area contributed by atoms with Crippen molar-refractivity contribution < 1.29 is 38.9 Å².